The number of hydrogen-bond acceptors (Lipinski definition) is 12. The van der Waals surface area contributed by atoms with Gasteiger partial charge in [0.1, 0.15) is 48.0 Å². The summed E-state index contributed by atoms with van der Waals surface area (Å²) in [6.07, 6.45) is 3.16. The number of fused-ring (bicyclic) bond motifs is 2. The third-order valence-electron chi connectivity index (χ3n) is 14.6. The smallest absolute Gasteiger partial charge is 0.243 e. The number of phenolic OH excluding ortho intramolecular Hbond substituents is 1. The van der Waals surface area contributed by atoms with E-state index >= 15 is 9.59 Å². The fourth-order valence-electron chi connectivity index (χ4n) is 9.92. The average Bonchev–Trinajstić information content (AvgIpc) is 4.31. The molecule has 458 valence electrons. The number of nitrogens with one attached hydrogen (secondary N) is 9. The van der Waals surface area contributed by atoms with Crippen molar-refractivity contribution in [3.05, 3.63) is 138 Å². The molecule has 0 aliphatic heterocycles. The van der Waals surface area contributed by atoms with Gasteiger partial charge in [0.2, 0.25) is 59.1 Å². The predicted molar refractivity (Wildman–Crippen MR) is 322 cm³/mol. The van der Waals surface area contributed by atoms with Crippen molar-refractivity contribution in [2.24, 2.45) is 28.9 Å². The molecule has 0 spiro atoms. The van der Waals surface area contributed by atoms with Gasteiger partial charge in [-0.25, -0.2) is 0 Å². The number of unbranched alkanes of at least 4 members (excludes halogenated alkanes) is 1. The number of nitrogens with two attached hydrogens (primary N) is 4. The van der Waals surface area contributed by atoms with E-state index < -0.39 is 120 Å². The van der Waals surface area contributed by atoms with Gasteiger partial charge in [0.15, 0.2) is 0 Å². The summed E-state index contributed by atoms with van der Waals surface area (Å²) in [5.41, 5.74) is 26.7. The van der Waals surface area contributed by atoms with Gasteiger partial charge in [0.05, 0.1) is 6.04 Å². The number of H-pyrrole nitrogens is 2. The largest absolute Gasteiger partial charge is 0.508 e. The quantitative estimate of drug-likeness (QED) is 0.0274. The number of aromatic hydroxyl groups is 1. The van der Waals surface area contributed by atoms with Crippen LogP contribution in [0.15, 0.2) is 116 Å². The van der Waals surface area contributed by atoms with Crippen LogP contribution in [0, 0.1) is 5.92 Å². The van der Waals surface area contributed by atoms with E-state index in [0.29, 0.717) is 39.6 Å². The van der Waals surface area contributed by atoms with Crippen LogP contribution < -0.4 is 60.2 Å². The summed E-state index contributed by atoms with van der Waals surface area (Å²) in [5.74, 6) is -8.35. The van der Waals surface area contributed by atoms with E-state index in [1.807, 2.05) is 51.1 Å². The number of carbonyl (C=O) groups is 10. The topological polar surface area (TPSA) is 411 Å². The number of benzene rings is 4. The number of para-hydroxylation sites is 2. The lowest BCUT2D eigenvalue weighted by molar-refractivity contribution is -0.136. The van der Waals surface area contributed by atoms with Crippen LogP contribution in [0.3, 0.4) is 0 Å². The zero-order valence-electron chi connectivity index (χ0n) is 48.5. The second-order valence-electron chi connectivity index (χ2n) is 21.9. The summed E-state index contributed by atoms with van der Waals surface area (Å²) in [4.78, 5) is 144. The maximum Gasteiger partial charge on any atom is 0.243 e. The minimum Gasteiger partial charge on any atom is -0.508 e. The van der Waals surface area contributed by atoms with Gasteiger partial charge >= 0.3 is 0 Å². The summed E-state index contributed by atoms with van der Waals surface area (Å²) in [6, 6.07) is 18.4. The molecule has 6 rings (SSSR count). The number of aromatic amines is 2. The van der Waals surface area contributed by atoms with E-state index in [9.17, 15) is 43.5 Å². The van der Waals surface area contributed by atoms with Crippen LogP contribution in [0.4, 0.5) is 0 Å². The molecule has 0 fully saturated rings. The minimum absolute atomic E-state index is 0.00599. The van der Waals surface area contributed by atoms with Gasteiger partial charge in [0, 0.05) is 66.3 Å². The molecule has 24 nitrogen and oxygen atoms in total. The van der Waals surface area contributed by atoms with Crippen LogP contribution >= 0.6 is 0 Å². The van der Waals surface area contributed by atoms with Crippen LogP contribution in [-0.4, -0.2) is 122 Å². The van der Waals surface area contributed by atoms with Crippen molar-refractivity contribution >= 4 is 80.9 Å². The van der Waals surface area contributed by atoms with Gasteiger partial charge in [-0.3, -0.25) is 47.9 Å². The SMILES string of the molecule is CCCC[C@H](NC(=O)[C@H](CC(C)C)NC(=O)[C@@H](Cc1c[nH]c2ccccc12)NC(=O)[C@H](Cc1ccccc1)NC(=O)[C@@H](Cc1c[nH]c2ccccc12)NC(=O)[C@H](CCC(N)=O)NC(=O)[C@H](CCC(N)=O)NC(=O)[C@H](N)Cc1ccc(O)cc1)C(N)=O. The van der Waals surface area contributed by atoms with E-state index in [0.717, 1.165) is 17.3 Å². The van der Waals surface area contributed by atoms with Crippen LogP contribution in [0.25, 0.3) is 21.8 Å². The maximum atomic E-state index is 15.1. The molecule has 24 heteroatoms. The molecule has 8 atom stereocenters. The maximum absolute atomic E-state index is 15.1. The fraction of sp³-hybridized carbons (Fsp3) is 0.387. The molecular formula is C62H79N13O11. The molecule has 0 saturated carbocycles. The van der Waals surface area contributed by atoms with E-state index in [1.165, 1.54) is 12.1 Å². The third-order valence-corrected chi connectivity index (χ3v) is 14.6. The average molecular weight is 1180 g/mol. The van der Waals surface area contributed by atoms with Crippen molar-refractivity contribution in [3.8, 4) is 5.75 Å². The van der Waals surface area contributed by atoms with Crippen LogP contribution in [-0.2, 0) is 73.6 Å². The lowest BCUT2D eigenvalue weighted by Gasteiger charge is -2.28. The summed E-state index contributed by atoms with van der Waals surface area (Å²) in [5, 5.41) is 30.2. The van der Waals surface area contributed by atoms with Gasteiger partial charge in [0.25, 0.3) is 0 Å². The van der Waals surface area contributed by atoms with Crippen molar-refractivity contribution < 1.29 is 53.1 Å². The van der Waals surface area contributed by atoms with Crippen molar-refractivity contribution in [2.75, 3.05) is 0 Å². The molecule has 6 aromatic rings. The molecule has 4 aromatic carbocycles. The Morgan fingerprint density at radius 1 is 0.453 bits per heavy atom. The highest BCUT2D eigenvalue weighted by molar-refractivity contribution is 5.99. The second kappa shape index (κ2) is 31.9. The Kier molecular flexibility index (Phi) is 24.3. The summed E-state index contributed by atoms with van der Waals surface area (Å²) >= 11 is 0. The fourth-order valence-corrected chi connectivity index (χ4v) is 9.92. The highest BCUT2D eigenvalue weighted by atomic mass is 16.3. The van der Waals surface area contributed by atoms with Gasteiger partial charge in [-0.15, -0.1) is 0 Å². The number of rotatable bonds is 34. The van der Waals surface area contributed by atoms with Crippen LogP contribution in [0.2, 0.25) is 0 Å². The Balaban J connectivity index is 1.32. The number of amides is 10. The number of hydrogen-bond donors (Lipinski definition) is 14. The predicted octanol–water partition coefficient (Wildman–Crippen LogP) is 1.60. The van der Waals surface area contributed by atoms with Crippen molar-refractivity contribution in [1.82, 2.24) is 47.2 Å². The zero-order valence-corrected chi connectivity index (χ0v) is 48.5. The molecule has 2 aromatic heterocycles. The molecule has 0 saturated heterocycles. The monoisotopic (exact) mass is 1180 g/mol. The van der Waals surface area contributed by atoms with Crippen LogP contribution in [0.1, 0.15) is 94.4 Å². The van der Waals surface area contributed by atoms with Gasteiger partial charge < -0.3 is 75.2 Å². The van der Waals surface area contributed by atoms with Gasteiger partial charge in [-0.2, -0.15) is 0 Å². The van der Waals surface area contributed by atoms with Crippen LogP contribution in [0.5, 0.6) is 5.75 Å². The van der Waals surface area contributed by atoms with Crippen molar-refractivity contribution in [1.29, 1.82) is 0 Å². The summed E-state index contributed by atoms with van der Waals surface area (Å²) in [6.45, 7) is 5.64. The molecular weight excluding hydrogens is 1100 g/mol. The van der Waals surface area contributed by atoms with Crippen molar-refractivity contribution in [2.45, 2.75) is 146 Å². The Hall–Kier alpha value is -9.58. The molecule has 2 heterocycles. The molecule has 86 heavy (non-hydrogen) atoms. The van der Waals surface area contributed by atoms with E-state index in [1.54, 1.807) is 73.1 Å². The first-order chi connectivity index (χ1) is 41.1. The Morgan fingerprint density at radius 2 is 0.849 bits per heavy atom. The third kappa shape index (κ3) is 19.8. The second-order valence-corrected chi connectivity index (χ2v) is 21.9. The first-order valence-electron chi connectivity index (χ1n) is 28.7. The lowest BCUT2D eigenvalue weighted by Crippen LogP contribution is -2.61. The summed E-state index contributed by atoms with van der Waals surface area (Å²) < 4.78 is 0. The molecule has 0 radical (unpaired) electrons. The van der Waals surface area contributed by atoms with Gasteiger partial charge in [-0.1, -0.05) is 112 Å². The minimum atomic E-state index is -1.60. The Bertz CT molecular complexity index is 3330. The number of primary amides is 3. The van der Waals surface area contributed by atoms with E-state index in [4.69, 9.17) is 22.9 Å². The first kappa shape index (κ1) is 65.6. The molecule has 0 bridgehead atoms. The van der Waals surface area contributed by atoms with Crippen molar-refractivity contribution in [3.63, 3.8) is 0 Å². The number of aromatic nitrogens is 2. The first-order valence-corrected chi connectivity index (χ1v) is 28.7. The summed E-state index contributed by atoms with van der Waals surface area (Å²) in [7, 11) is 0. The molecule has 0 aliphatic carbocycles. The number of carbonyl (C=O) groups excluding carboxylic acids is 10. The standard InChI is InChI=1S/C62H79N13O11/c1-4-5-17-46(55(66)79)69-59(83)49(28-35(2)3)72-61(85)52(32-39-34-68-45-19-12-10-16-42(39)45)75-60(84)50(30-36-13-7-6-8-14-36)73-62(86)51(31-38-33-67-44-18-11-9-15-41(38)44)74-58(82)48(25-27-54(65)78)71-57(81)47(24-26-53(64)77)70-56(80)43(63)29-37-20-22-40(76)23-21-37/h6-16,18-23,33-35,43,46-52,67-68,76H,4-5,17,24-32,63H2,1-3H3,(H2,64,77)(H2,65,78)(H2,66,79)(H,69,83)(H,70,80)(H,71,81)(H,72,85)(H,73,86)(H,74,82)(H,75,84)/t43-,46+,47+,48+,49+,50+,51-,52-/m1/s1. The van der Waals surface area contributed by atoms with E-state index in [2.05, 4.69) is 47.2 Å². The molecule has 0 aliphatic rings. The zero-order chi connectivity index (χ0) is 62.5. The Labute approximate surface area is 497 Å². The molecule has 0 unspecified atom stereocenters. The normalized spacial score (nSPS) is 14.1. The number of phenols is 1. The van der Waals surface area contributed by atoms with Gasteiger partial charge in [-0.05, 0) is 84.5 Å². The highest BCUT2D eigenvalue weighted by Crippen LogP contribution is 2.22. The molecule has 18 N–H and O–H groups in total. The lowest BCUT2D eigenvalue weighted by atomic mass is 9.99. The highest BCUT2D eigenvalue weighted by Gasteiger charge is 2.36. The van der Waals surface area contributed by atoms with E-state index in [-0.39, 0.29) is 63.0 Å². The molecule has 10 amide bonds. The Morgan fingerprint density at radius 3 is 1.31 bits per heavy atom.